The van der Waals surface area contributed by atoms with E-state index in [4.69, 9.17) is 25.6 Å². The lowest BCUT2D eigenvalue weighted by atomic mass is 10.1. The first-order chi connectivity index (χ1) is 14.6. The zero-order valence-corrected chi connectivity index (χ0v) is 22.4. The number of rotatable bonds is 9. The molecular weight excluding hydrogens is 675 g/mol. The minimum atomic E-state index is -0.497. The van der Waals surface area contributed by atoms with Crippen molar-refractivity contribution in [3.8, 4) is 22.8 Å². The smallest absolute Gasteiger partial charge is 0.341 e. The highest BCUT2D eigenvalue weighted by atomic mass is 127. The summed E-state index contributed by atoms with van der Waals surface area (Å²) in [5, 5.41) is 9.03. The summed E-state index contributed by atoms with van der Waals surface area (Å²) in [7, 11) is 2.95. The van der Waals surface area contributed by atoms with Crippen molar-refractivity contribution in [3.63, 3.8) is 0 Å². The number of ether oxygens (including phenoxy) is 2. The van der Waals surface area contributed by atoms with Gasteiger partial charge in [-0.25, -0.2) is 9.48 Å². The summed E-state index contributed by atoms with van der Waals surface area (Å²) in [5.41, 5.74) is 2.87. The van der Waals surface area contributed by atoms with Gasteiger partial charge in [0.2, 0.25) is 0 Å². The van der Waals surface area contributed by atoms with Crippen LogP contribution in [0.5, 0.6) is 11.5 Å². The number of halogens is 3. The maximum atomic E-state index is 12.0. The molecule has 1 unspecified atom stereocenters. The van der Waals surface area contributed by atoms with Crippen molar-refractivity contribution in [1.29, 1.82) is 0 Å². The predicted octanol–water partition coefficient (Wildman–Crippen LogP) is 6.68. The fourth-order valence-electron chi connectivity index (χ4n) is 2.61. The molecule has 0 N–H and O–H groups in total. The van der Waals surface area contributed by atoms with Crippen LogP contribution in [0.3, 0.4) is 0 Å². The number of carbonyl (C=O) groups excluding carboxylic acids is 1. The third-order valence-corrected chi connectivity index (χ3v) is 6.58. The van der Waals surface area contributed by atoms with Crippen molar-refractivity contribution < 1.29 is 18.8 Å². The van der Waals surface area contributed by atoms with Gasteiger partial charge in [-0.2, -0.15) is 0 Å². The molecule has 0 aliphatic rings. The lowest BCUT2D eigenvalue weighted by Crippen LogP contribution is -2.03. The van der Waals surface area contributed by atoms with E-state index in [1.54, 1.807) is 39.3 Å². The van der Waals surface area contributed by atoms with Crippen LogP contribution in [0.25, 0.3) is 11.3 Å². The van der Waals surface area contributed by atoms with Crippen LogP contribution in [0.15, 0.2) is 42.5 Å². The lowest BCUT2D eigenvalue weighted by molar-refractivity contribution is 0.0598. The van der Waals surface area contributed by atoms with Gasteiger partial charge in [-0.15, -0.1) is 5.10 Å². The van der Waals surface area contributed by atoms with E-state index < -0.39 is 5.97 Å². The number of hydrogen-bond donors (Lipinski definition) is 0. The zero-order chi connectivity index (χ0) is 21.5. The predicted molar refractivity (Wildman–Crippen MR) is 137 cm³/mol. The third-order valence-electron chi connectivity index (χ3n) is 3.98. The number of esters is 1. The molecule has 7 nitrogen and oxygen atoms in total. The van der Waals surface area contributed by atoms with Gasteiger partial charge in [0.25, 0.3) is 0 Å². The van der Waals surface area contributed by atoms with E-state index in [0.29, 0.717) is 41.0 Å². The zero-order valence-electron chi connectivity index (χ0n) is 15.5. The SMILES string of the molecule is COC(=O)c1ccc(Cl)cc1Oc1ccc(-c2nnn(CSI)c2COPI)cc1. The minimum absolute atomic E-state index is 0.296. The fourth-order valence-corrected chi connectivity index (χ4v) is 4.52. The second-order valence-corrected chi connectivity index (χ2v) is 10.3. The number of nitrogens with zero attached hydrogens (tertiary/aromatic N) is 3. The highest BCUT2D eigenvalue weighted by Gasteiger charge is 2.17. The van der Waals surface area contributed by atoms with Crippen molar-refractivity contribution in [2.24, 2.45) is 0 Å². The Morgan fingerprint density at radius 1 is 1.27 bits per heavy atom. The Bertz CT molecular complexity index is 1020. The third kappa shape index (κ3) is 5.98. The molecule has 1 aromatic heterocycles. The van der Waals surface area contributed by atoms with Crippen LogP contribution in [0.2, 0.25) is 5.02 Å². The number of benzene rings is 2. The summed E-state index contributed by atoms with van der Waals surface area (Å²) in [5.74, 6) is 1.06. The number of carbonyl (C=O) groups is 1. The summed E-state index contributed by atoms with van der Waals surface area (Å²) in [6.45, 7) is 0.784. The van der Waals surface area contributed by atoms with E-state index in [1.165, 1.54) is 7.11 Å². The molecule has 158 valence electrons. The molecule has 0 aliphatic heterocycles. The average molecular weight is 690 g/mol. The van der Waals surface area contributed by atoms with Crippen LogP contribution >= 0.6 is 70.2 Å². The van der Waals surface area contributed by atoms with Crippen molar-refractivity contribution in [1.82, 2.24) is 15.0 Å². The first kappa shape index (κ1) is 24.0. The van der Waals surface area contributed by atoms with E-state index in [2.05, 4.69) is 53.6 Å². The van der Waals surface area contributed by atoms with Crippen LogP contribution in [0.4, 0.5) is 0 Å². The maximum absolute atomic E-state index is 12.0. The summed E-state index contributed by atoms with van der Waals surface area (Å²) < 4.78 is 18.1. The molecule has 0 spiro atoms. The largest absolute Gasteiger partial charge is 0.465 e. The van der Waals surface area contributed by atoms with Gasteiger partial charge in [-0.1, -0.05) is 25.7 Å². The quantitative estimate of drug-likeness (QED) is 0.141. The monoisotopic (exact) mass is 689 g/mol. The highest BCUT2D eigenvalue weighted by molar-refractivity contribution is 14.2. The van der Waals surface area contributed by atoms with Crippen LogP contribution < -0.4 is 4.74 Å². The van der Waals surface area contributed by atoms with Crippen LogP contribution in [-0.4, -0.2) is 28.1 Å². The van der Waals surface area contributed by atoms with Crippen molar-refractivity contribution in [2.75, 3.05) is 7.11 Å². The fraction of sp³-hybridized carbons (Fsp3) is 0.167. The molecule has 0 amide bonds. The van der Waals surface area contributed by atoms with Gasteiger partial charge >= 0.3 is 5.97 Å². The van der Waals surface area contributed by atoms with Gasteiger partial charge in [0.05, 0.1) is 31.7 Å². The molecule has 0 fully saturated rings. The minimum Gasteiger partial charge on any atom is -0.465 e. The van der Waals surface area contributed by atoms with E-state index in [9.17, 15) is 4.79 Å². The average Bonchev–Trinajstić information content (AvgIpc) is 3.15. The van der Waals surface area contributed by atoms with Crippen molar-refractivity contribution in [2.45, 2.75) is 12.5 Å². The van der Waals surface area contributed by atoms with Crippen LogP contribution in [-0.2, 0) is 21.7 Å². The van der Waals surface area contributed by atoms with Gasteiger partial charge in [-0.3, -0.25) is 0 Å². The van der Waals surface area contributed by atoms with Crippen LogP contribution in [0.1, 0.15) is 16.1 Å². The number of aromatic nitrogens is 3. The lowest BCUT2D eigenvalue weighted by Gasteiger charge is -2.11. The molecule has 0 radical (unpaired) electrons. The van der Waals surface area contributed by atoms with Crippen LogP contribution in [0, 0.1) is 0 Å². The molecule has 0 aliphatic carbocycles. The summed E-state index contributed by atoms with van der Waals surface area (Å²) >= 11 is 10.5. The van der Waals surface area contributed by atoms with Gasteiger partial charge < -0.3 is 14.0 Å². The van der Waals surface area contributed by atoms with Gasteiger partial charge in [0.15, 0.2) is 0 Å². The van der Waals surface area contributed by atoms with Gasteiger partial charge in [-0.05, 0) is 79.6 Å². The first-order valence-corrected chi connectivity index (χ1v) is 16.3. The van der Waals surface area contributed by atoms with Gasteiger partial charge in [0, 0.05) is 16.7 Å². The Labute approximate surface area is 209 Å². The van der Waals surface area contributed by atoms with E-state index in [-0.39, 0.29) is 0 Å². The molecule has 1 atom stereocenters. The molecule has 30 heavy (non-hydrogen) atoms. The standard InChI is InChI=1S/C18H15ClI2N3O4PS/c1-26-18(25)14-7-4-12(19)8-16(14)28-13-5-2-11(3-6-13)17-15(9-27-29-20)24(10-30-21)23-22-17/h2-8,29H,9-10H2,1H3. The molecule has 3 rings (SSSR count). The Morgan fingerprint density at radius 3 is 2.70 bits per heavy atom. The maximum Gasteiger partial charge on any atom is 0.341 e. The van der Waals surface area contributed by atoms with Crippen molar-refractivity contribution in [3.05, 3.63) is 58.7 Å². The Morgan fingerprint density at radius 2 is 2.03 bits per heavy atom. The van der Waals surface area contributed by atoms with Gasteiger partial charge in [0.1, 0.15) is 22.8 Å². The first-order valence-electron chi connectivity index (χ1n) is 8.36. The second kappa shape index (κ2) is 11.8. The second-order valence-electron chi connectivity index (χ2n) is 5.75. The summed E-state index contributed by atoms with van der Waals surface area (Å²) in [4.78, 5) is 12.0. The molecule has 0 bridgehead atoms. The Hall–Kier alpha value is -0.660. The number of hydrogen-bond acceptors (Lipinski definition) is 7. The molecule has 1 heterocycles. The molecule has 3 aromatic rings. The normalized spacial score (nSPS) is 11.2. The Balaban J connectivity index is 1.86. The van der Waals surface area contributed by atoms with E-state index >= 15 is 0 Å². The van der Waals surface area contributed by atoms with Crippen molar-refractivity contribution >= 4 is 76.2 Å². The topological polar surface area (TPSA) is 75.5 Å². The number of methoxy groups -OCH3 is 1. The molecular formula is C18H15ClI2N3O4PS. The highest BCUT2D eigenvalue weighted by Crippen LogP contribution is 2.32. The van der Waals surface area contributed by atoms with E-state index in [0.717, 1.165) is 17.0 Å². The molecule has 12 heteroatoms. The molecule has 0 saturated carbocycles. The summed E-state index contributed by atoms with van der Waals surface area (Å²) in [6, 6.07) is 12.1. The van der Waals surface area contributed by atoms with E-state index in [1.807, 2.05) is 16.8 Å². The molecule has 0 saturated heterocycles. The Kier molecular flexibility index (Phi) is 9.45. The summed E-state index contributed by atoms with van der Waals surface area (Å²) in [6.07, 6.45) is 0. The molecule has 2 aromatic carbocycles.